The van der Waals surface area contributed by atoms with E-state index in [2.05, 4.69) is 16.9 Å². The molecule has 0 aliphatic heterocycles. The lowest BCUT2D eigenvalue weighted by Gasteiger charge is -2.09. The molecule has 0 radical (unpaired) electrons. The molecule has 9 heteroatoms. The lowest BCUT2D eigenvalue weighted by atomic mass is 10.1. The minimum Gasteiger partial charge on any atom is -0.462 e. The summed E-state index contributed by atoms with van der Waals surface area (Å²) in [5.74, 6) is -0.870. The van der Waals surface area contributed by atoms with Gasteiger partial charge < -0.3 is 19.4 Å². The number of fused-ring (bicyclic) bond motifs is 1. The molecule has 3 aromatic rings. The second kappa shape index (κ2) is 9.57. The number of carbonyl (C=O) groups excluding carboxylic acids is 3. The van der Waals surface area contributed by atoms with Gasteiger partial charge in [-0.3, -0.25) is 4.79 Å². The molecule has 162 valence electrons. The van der Waals surface area contributed by atoms with Gasteiger partial charge in [-0.05, 0) is 38.5 Å². The Balaban J connectivity index is 1.90. The topological polar surface area (TPSA) is 99.5 Å². The van der Waals surface area contributed by atoms with Crippen molar-refractivity contribution in [1.82, 2.24) is 9.55 Å². The maximum absolute atomic E-state index is 12.8. The van der Waals surface area contributed by atoms with Crippen molar-refractivity contribution in [3.8, 4) is 0 Å². The van der Waals surface area contributed by atoms with Crippen molar-refractivity contribution in [2.75, 3.05) is 18.5 Å². The Morgan fingerprint density at radius 1 is 1.19 bits per heavy atom. The SMILES string of the molecule is C=CCOC(=O)c1sc(NC(=O)Cn2c(C)nc3ccccc32)c(C(=O)OCC)c1C. The van der Waals surface area contributed by atoms with Crippen LogP contribution in [0.3, 0.4) is 0 Å². The van der Waals surface area contributed by atoms with Crippen LogP contribution in [0.25, 0.3) is 11.0 Å². The molecule has 1 N–H and O–H groups in total. The quantitative estimate of drug-likeness (QED) is 0.421. The molecule has 0 aliphatic carbocycles. The Kier molecular flexibility index (Phi) is 6.86. The molecule has 3 rings (SSSR count). The van der Waals surface area contributed by atoms with E-state index in [1.165, 1.54) is 6.08 Å². The molecule has 0 saturated heterocycles. The number of thiophene rings is 1. The van der Waals surface area contributed by atoms with Gasteiger partial charge in [0.2, 0.25) is 5.91 Å². The van der Waals surface area contributed by atoms with Crippen LogP contribution in [0.5, 0.6) is 0 Å². The standard InChI is InChI=1S/C22H23N3O5S/c1-5-11-30-22(28)19-13(3)18(21(27)29-6-2)20(31-19)24-17(26)12-25-14(4)23-15-9-7-8-10-16(15)25/h5,7-10H,1,6,11-12H2,2-4H3,(H,24,26). The van der Waals surface area contributed by atoms with Crippen molar-refractivity contribution in [1.29, 1.82) is 0 Å². The number of nitrogens with zero attached hydrogens (tertiary/aromatic N) is 2. The van der Waals surface area contributed by atoms with E-state index in [4.69, 9.17) is 9.47 Å². The molecule has 1 amide bonds. The van der Waals surface area contributed by atoms with Crippen LogP contribution >= 0.6 is 11.3 Å². The number of anilines is 1. The van der Waals surface area contributed by atoms with E-state index in [1.54, 1.807) is 18.4 Å². The number of hydrogen-bond acceptors (Lipinski definition) is 7. The Morgan fingerprint density at radius 2 is 1.94 bits per heavy atom. The molecule has 0 aliphatic rings. The van der Waals surface area contributed by atoms with E-state index >= 15 is 0 Å². The second-order valence-corrected chi connectivity index (χ2v) is 7.67. The van der Waals surface area contributed by atoms with Gasteiger partial charge in [0.25, 0.3) is 0 Å². The van der Waals surface area contributed by atoms with Crippen LogP contribution in [0.1, 0.15) is 38.3 Å². The van der Waals surface area contributed by atoms with Crippen molar-refractivity contribution in [2.24, 2.45) is 0 Å². The monoisotopic (exact) mass is 441 g/mol. The van der Waals surface area contributed by atoms with Crippen LogP contribution < -0.4 is 5.32 Å². The summed E-state index contributed by atoms with van der Waals surface area (Å²) < 4.78 is 12.0. The number of rotatable bonds is 8. The first-order valence-electron chi connectivity index (χ1n) is 9.67. The van der Waals surface area contributed by atoms with Crippen molar-refractivity contribution in [3.05, 3.63) is 58.7 Å². The van der Waals surface area contributed by atoms with Gasteiger partial charge in [-0.25, -0.2) is 14.6 Å². The Labute approximate surface area is 183 Å². The minimum absolute atomic E-state index is 0.00179. The van der Waals surface area contributed by atoms with Gasteiger partial charge in [0.15, 0.2) is 0 Å². The molecule has 0 fully saturated rings. The molecule has 0 saturated carbocycles. The van der Waals surface area contributed by atoms with Gasteiger partial charge in [0.1, 0.15) is 28.9 Å². The molecule has 0 bridgehead atoms. The largest absolute Gasteiger partial charge is 0.462 e. The summed E-state index contributed by atoms with van der Waals surface area (Å²) in [5, 5.41) is 3.00. The van der Waals surface area contributed by atoms with Crippen LogP contribution in [0.15, 0.2) is 36.9 Å². The highest BCUT2D eigenvalue weighted by Gasteiger charge is 2.27. The zero-order valence-corrected chi connectivity index (χ0v) is 18.4. The van der Waals surface area contributed by atoms with Crippen LogP contribution in [-0.4, -0.2) is 40.6 Å². The zero-order valence-electron chi connectivity index (χ0n) is 17.6. The minimum atomic E-state index is -0.612. The van der Waals surface area contributed by atoms with E-state index in [-0.39, 0.29) is 41.1 Å². The number of aryl methyl sites for hydroxylation is 1. The third-order valence-corrected chi connectivity index (χ3v) is 5.73. The Morgan fingerprint density at radius 3 is 2.65 bits per heavy atom. The average molecular weight is 442 g/mol. The molecule has 8 nitrogen and oxygen atoms in total. The lowest BCUT2D eigenvalue weighted by molar-refractivity contribution is -0.116. The van der Waals surface area contributed by atoms with E-state index in [9.17, 15) is 14.4 Å². The summed E-state index contributed by atoms with van der Waals surface area (Å²) in [5.41, 5.74) is 2.17. The van der Waals surface area contributed by atoms with Gasteiger partial charge in [-0.2, -0.15) is 0 Å². The Hall–Kier alpha value is -3.46. The Bertz CT molecular complexity index is 1160. The third-order valence-electron chi connectivity index (χ3n) is 4.54. The predicted octanol–water partition coefficient (Wildman–Crippen LogP) is 3.87. The highest BCUT2D eigenvalue weighted by molar-refractivity contribution is 7.18. The summed E-state index contributed by atoms with van der Waals surface area (Å²) in [6, 6.07) is 7.52. The highest BCUT2D eigenvalue weighted by atomic mass is 32.1. The number of carbonyl (C=O) groups is 3. The van der Waals surface area contributed by atoms with Crippen LogP contribution in [-0.2, 0) is 20.8 Å². The number of esters is 2. The van der Waals surface area contributed by atoms with Gasteiger partial charge in [0.05, 0.1) is 23.2 Å². The first-order valence-corrected chi connectivity index (χ1v) is 10.5. The predicted molar refractivity (Wildman–Crippen MR) is 119 cm³/mol. The van der Waals surface area contributed by atoms with E-state index < -0.39 is 11.9 Å². The lowest BCUT2D eigenvalue weighted by Crippen LogP contribution is -2.20. The number of ether oxygens (including phenoxy) is 2. The average Bonchev–Trinajstić information content (AvgIpc) is 3.22. The number of para-hydroxylation sites is 2. The first kappa shape index (κ1) is 22.2. The number of amides is 1. The zero-order chi connectivity index (χ0) is 22.5. The van der Waals surface area contributed by atoms with Crippen molar-refractivity contribution in [2.45, 2.75) is 27.3 Å². The molecule has 0 atom stereocenters. The molecule has 0 unspecified atom stereocenters. The summed E-state index contributed by atoms with van der Waals surface area (Å²) >= 11 is 0.981. The molecular weight excluding hydrogens is 418 g/mol. The third kappa shape index (κ3) is 4.66. The molecule has 31 heavy (non-hydrogen) atoms. The molecule has 1 aromatic carbocycles. The van der Waals surface area contributed by atoms with E-state index in [1.807, 2.05) is 31.2 Å². The number of hydrogen-bond donors (Lipinski definition) is 1. The number of aromatic nitrogens is 2. The summed E-state index contributed by atoms with van der Waals surface area (Å²) in [4.78, 5) is 42.4. The summed E-state index contributed by atoms with van der Waals surface area (Å²) in [6.07, 6.45) is 1.45. The second-order valence-electron chi connectivity index (χ2n) is 6.65. The van der Waals surface area contributed by atoms with Crippen LogP contribution in [0.2, 0.25) is 0 Å². The number of benzene rings is 1. The molecular formula is C22H23N3O5S. The molecule has 0 spiro atoms. The van der Waals surface area contributed by atoms with Crippen molar-refractivity contribution < 1.29 is 23.9 Å². The highest BCUT2D eigenvalue weighted by Crippen LogP contribution is 2.34. The fourth-order valence-electron chi connectivity index (χ4n) is 3.15. The number of imidazole rings is 1. The molecule has 2 heterocycles. The maximum Gasteiger partial charge on any atom is 0.348 e. The normalized spacial score (nSPS) is 10.7. The summed E-state index contributed by atoms with van der Waals surface area (Å²) in [7, 11) is 0. The maximum atomic E-state index is 12.8. The van der Waals surface area contributed by atoms with Crippen molar-refractivity contribution in [3.63, 3.8) is 0 Å². The fourth-order valence-corrected chi connectivity index (χ4v) is 4.26. The van der Waals surface area contributed by atoms with E-state index in [0.29, 0.717) is 11.4 Å². The van der Waals surface area contributed by atoms with Gasteiger partial charge in [-0.15, -0.1) is 11.3 Å². The van der Waals surface area contributed by atoms with Crippen molar-refractivity contribution >= 4 is 45.2 Å². The van der Waals surface area contributed by atoms with Gasteiger partial charge in [0, 0.05) is 0 Å². The fraction of sp³-hybridized carbons (Fsp3) is 0.273. The van der Waals surface area contributed by atoms with Crippen LogP contribution in [0, 0.1) is 13.8 Å². The first-order chi connectivity index (χ1) is 14.9. The van der Waals surface area contributed by atoms with Crippen LogP contribution in [0.4, 0.5) is 5.00 Å². The molecule has 2 aromatic heterocycles. The van der Waals surface area contributed by atoms with E-state index in [0.717, 1.165) is 22.4 Å². The van der Waals surface area contributed by atoms with Gasteiger partial charge >= 0.3 is 11.9 Å². The summed E-state index contributed by atoms with van der Waals surface area (Å²) in [6.45, 7) is 8.85. The smallest absolute Gasteiger partial charge is 0.348 e. The van der Waals surface area contributed by atoms with Gasteiger partial charge in [-0.1, -0.05) is 24.8 Å². The number of nitrogens with one attached hydrogen (secondary N) is 1.